The largest absolute Gasteiger partial charge is 0.497 e. The van der Waals surface area contributed by atoms with Crippen molar-refractivity contribution in [1.82, 2.24) is 0 Å². The molecule has 1 N–H and O–H groups in total. The first-order valence-electron chi connectivity index (χ1n) is 6.03. The van der Waals surface area contributed by atoms with E-state index in [1.54, 1.807) is 38.5 Å². The van der Waals surface area contributed by atoms with Gasteiger partial charge in [-0.25, -0.2) is 0 Å². The highest BCUT2D eigenvalue weighted by molar-refractivity contribution is 9.11. The van der Waals surface area contributed by atoms with E-state index in [4.69, 9.17) is 9.47 Å². The fraction of sp³-hybridized carbons (Fsp3) is 0.133. The molecule has 110 valence electrons. The smallest absolute Gasteiger partial charge is 0.255 e. The summed E-state index contributed by atoms with van der Waals surface area (Å²) in [5.41, 5.74) is 1.17. The molecule has 2 rings (SSSR count). The van der Waals surface area contributed by atoms with Gasteiger partial charge in [0.15, 0.2) is 0 Å². The molecule has 0 fully saturated rings. The van der Waals surface area contributed by atoms with Crippen LogP contribution < -0.4 is 14.8 Å². The molecular weight excluding hydrogens is 402 g/mol. The predicted molar refractivity (Wildman–Crippen MR) is 89.3 cm³/mol. The van der Waals surface area contributed by atoms with Crippen LogP contribution in [0.15, 0.2) is 45.3 Å². The van der Waals surface area contributed by atoms with E-state index in [-0.39, 0.29) is 5.91 Å². The van der Waals surface area contributed by atoms with Crippen LogP contribution in [0.3, 0.4) is 0 Å². The van der Waals surface area contributed by atoms with Gasteiger partial charge < -0.3 is 14.8 Å². The fourth-order valence-corrected chi connectivity index (χ4v) is 2.62. The zero-order chi connectivity index (χ0) is 15.4. The highest BCUT2D eigenvalue weighted by Crippen LogP contribution is 2.29. The highest BCUT2D eigenvalue weighted by Gasteiger charge is 2.11. The summed E-state index contributed by atoms with van der Waals surface area (Å²) in [5, 5.41) is 2.84. The third kappa shape index (κ3) is 3.77. The average Bonchev–Trinajstić information content (AvgIpc) is 2.49. The van der Waals surface area contributed by atoms with E-state index >= 15 is 0 Å². The molecule has 0 bridgehead atoms. The summed E-state index contributed by atoms with van der Waals surface area (Å²) in [5.74, 6) is 1.13. The zero-order valence-corrected chi connectivity index (χ0v) is 14.6. The summed E-state index contributed by atoms with van der Waals surface area (Å²) in [7, 11) is 3.16. The van der Waals surface area contributed by atoms with E-state index in [1.165, 1.54) is 0 Å². The van der Waals surface area contributed by atoms with Crippen LogP contribution in [0, 0.1) is 0 Å². The second kappa shape index (κ2) is 6.95. The normalized spacial score (nSPS) is 10.1. The summed E-state index contributed by atoms with van der Waals surface area (Å²) < 4.78 is 11.8. The number of hydrogen-bond acceptors (Lipinski definition) is 3. The molecule has 0 aromatic heterocycles. The maximum atomic E-state index is 12.3. The molecule has 0 saturated heterocycles. The van der Waals surface area contributed by atoms with Crippen molar-refractivity contribution >= 4 is 43.5 Å². The number of amides is 1. The minimum atomic E-state index is -0.215. The monoisotopic (exact) mass is 413 g/mol. The number of carbonyl (C=O) groups excluding carboxylic acids is 1. The molecule has 2 aromatic carbocycles. The first-order valence-corrected chi connectivity index (χ1v) is 7.62. The molecule has 1 amide bonds. The van der Waals surface area contributed by atoms with Crippen LogP contribution >= 0.6 is 31.9 Å². The summed E-state index contributed by atoms with van der Waals surface area (Å²) in [4.78, 5) is 12.3. The number of anilines is 1. The molecule has 2 aromatic rings. The maximum Gasteiger partial charge on any atom is 0.255 e. The lowest BCUT2D eigenvalue weighted by molar-refractivity contribution is 0.102. The van der Waals surface area contributed by atoms with Gasteiger partial charge in [-0.15, -0.1) is 0 Å². The third-order valence-electron chi connectivity index (χ3n) is 2.84. The predicted octanol–water partition coefficient (Wildman–Crippen LogP) is 4.48. The number of benzene rings is 2. The number of ether oxygens (including phenoxy) is 2. The Labute approximate surface area is 139 Å². The zero-order valence-electron chi connectivity index (χ0n) is 11.4. The first-order chi connectivity index (χ1) is 10.0. The van der Waals surface area contributed by atoms with Gasteiger partial charge in [0.05, 0.1) is 24.4 Å². The summed E-state index contributed by atoms with van der Waals surface area (Å²) in [6.45, 7) is 0. The van der Waals surface area contributed by atoms with Gasteiger partial charge in [0.25, 0.3) is 5.91 Å². The van der Waals surface area contributed by atoms with Crippen molar-refractivity contribution < 1.29 is 14.3 Å². The van der Waals surface area contributed by atoms with Gasteiger partial charge in [-0.05, 0) is 62.2 Å². The molecule has 0 heterocycles. The molecule has 4 nitrogen and oxygen atoms in total. The molecule has 0 aliphatic heterocycles. The first kappa shape index (κ1) is 15.9. The van der Waals surface area contributed by atoms with E-state index in [0.717, 1.165) is 8.95 Å². The standard InChI is InChI=1S/C15H13Br2NO3/c1-20-10-4-5-11(16)13(8-10)18-15(19)9-3-6-14(21-2)12(17)7-9/h3-8H,1-2H3,(H,18,19). The lowest BCUT2D eigenvalue weighted by Gasteiger charge is -2.10. The Balaban J connectivity index is 2.23. The van der Waals surface area contributed by atoms with Crippen molar-refractivity contribution in [2.24, 2.45) is 0 Å². The Kier molecular flexibility index (Phi) is 5.25. The minimum Gasteiger partial charge on any atom is -0.497 e. The van der Waals surface area contributed by atoms with Crippen molar-refractivity contribution in [1.29, 1.82) is 0 Å². The average molecular weight is 415 g/mol. The molecule has 0 saturated carbocycles. The summed E-state index contributed by atoms with van der Waals surface area (Å²) in [6, 6.07) is 10.5. The Morgan fingerprint density at radius 3 is 2.38 bits per heavy atom. The van der Waals surface area contributed by atoms with E-state index < -0.39 is 0 Å². The SMILES string of the molecule is COc1ccc(Br)c(NC(=O)c2ccc(OC)c(Br)c2)c1. The fourth-order valence-electron chi connectivity index (χ4n) is 1.73. The van der Waals surface area contributed by atoms with Crippen LogP contribution in [0.4, 0.5) is 5.69 Å². The molecule has 0 spiro atoms. The van der Waals surface area contributed by atoms with Gasteiger partial charge in [-0.2, -0.15) is 0 Å². The Morgan fingerprint density at radius 1 is 1.00 bits per heavy atom. The molecule has 0 unspecified atom stereocenters. The second-order valence-electron chi connectivity index (χ2n) is 4.15. The van der Waals surface area contributed by atoms with Crippen LogP contribution in [0.1, 0.15) is 10.4 Å². The van der Waals surface area contributed by atoms with Crippen LogP contribution in [0.2, 0.25) is 0 Å². The van der Waals surface area contributed by atoms with Crippen molar-refractivity contribution in [3.05, 3.63) is 50.9 Å². The number of methoxy groups -OCH3 is 2. The van der Waals surface area contributed by atoms with E-state index in [9.17, 15) is 4.79 Å². The third-order valence-corrected chi connectivity index (χ3v) is 4.15. The van der Waals surface area contributed by atoms with Crippen molar-refractivity contribution in [3.8, 4) is 11.5 Å². The summed E-state index contributed by atoms with van der Waals surface area (Å²) >= 11 is 6.76. The maximum absolute atomic E-state index is 12.3. The molecule has 21 heavy (non-hydrogen) atoms. The van der Waals surface area contributed by atoms with Crippen molar-refractivity contribution in [2.45, 2.75) is 0 Å². The van der Waals surface area contributed by atoms with Gasteiger partial charge in [0.2, 0.25) is 0 Å². The van der Waals surface area contributed by atoms with Gasteiger partial charge in [0.1, 0.15) is 11.5 Å². The topological polar surface area (TPSA) is 47.6 Å². The molecule has 0 atom stereocenters. The van der Waals surface area contributed by atoms with Gasteiger partial charge in [-0.3, -0.25) is 4.79 Å². The molecular formula is C15H13Br2NO3. The number of rotatable bonds is 4. The number of halogens is 2. The minimum absolute atomic E-state index is 0.215. The highest BCUT2D eigenvalue weighted by atomic mass is 79.9. The quantitative estimate of drug-likeness (QED) is 0.802. The van der Waals surface area contributed by atoms with Gasteiger partial charge >= 0.3 is 0 Å². The molecule has 0 radical (unpaired) electrons. The molecule has 6 heteroatoms. The van der Waals surface area contributed by atoms with Crippen molar-refractivity contribution in [2.75, 3.05) is 19.5 Å². The van der Waals surface area contributed by atoms with E-state index in [1.807, 2.05) is 12.1 Å². The van der Waals surface area contributed by atoms with Crippen LogP contribution in [0.25, 0.3) is 0 Å². The number of carbonyl (C=O) groups is 1. The van der Waals surface area contributed by atoms with Gasteiger partial charge in [0, 0.05) is 16.1 Å². The Bertz CT molecular complexity index is 674. The lowest BCUT2D eigenvalue weighted by atomic mass is 10.2. The molecule has 0 aliphatic carbocycles. The Hall–Kier alpha value is -1.53. The van der Waals surface area contributed by atoms with E-state index in [0.29, 0.717) is 22.7 Å². The van der Waals surface area contributed by atoms with Crippen molar-refractivity contribution in [3.63, 3.8) is 0 Å². The second-order valence-corrected chi connectivity index (χ2v) is 5.86. The number of nitrogens with one attached hydrogen (secondary N) is 1. The number of hydrogen-bond donors (Lipinski definition) is 1. The van der Waals surface area contributed by atoms with Crippen LogP contribution in [-0.4, -0.2) is 20.1 Å². The summed E-state index contributed by atoms with van der Waals surface area (Å²) in [6.07, 6.45) is 0. The van der Waals surface area contributed by atoms with Crippen LogP contribution in [0.5, 0.6) is 11.5 Å². The lowest BCUT2D eigenvalue weighted by Crippen LogP contribution is -2.12. The van der Waals surface area contributed by atoms with Gasteiger partial charge in [-0.1, -0.05) is 0 Å². The van der Waals surface area contributed by atoms with Crippen LogP contribution in [-0.2, 0) is 0 Å². The Morgan fingerprint density at radius 2 is 1.76 bits per heavy atom. The van der Waals surface area contributed by atoms with E-state index in [2.05, 4.69) is 37.2 Å². The molecule has 0 aliphatic rings.